The zero-order valence-corrected chi connectivity index (χ0v) is 16.6. The third-order valence-electron chi connectivity index (χ3n) is 4.93. The van der Waals surface area contributed by atoms with Crippen LogP contribution in [0.15, 0.2) is 30.3 Å². The van der Waals surface area contributed by atoms with Gasteiger partial charge in [0.25, 0.3) is 0 Å². The van der Waals surface area contributed by atoms with Crippen LogP contribution in [-0.2, 0) is 4.79 Å². The quantitative estimate of drug-likeness (QED) is 0.351. The highest BCUT2D eigenvalue weighted by Gasteiger charge is 2.28. The summed E-state index contributed by atoms with van der Waals surface area (Å²) in [5, 5.41) is 32.7. The van der Waals surface area contributed by atoms with Crippen LogP contribution in [0.2, 0.25) is 0 Å². The number of nitrogens with one attached hydrogen (secondary N) is 1. The van der Waals surface area contributed by atoms with E-state index < -0.39 is 24.9 Å². The Hall–Kier alpha value is -1.43. The monoisotopic (exact) mass is 379 g/mol. The van der Waals surface area contributed by atoms with E-state index in [1.807, 2.05) is 6.07 Å². The molecule has 0 aliphatic carbocycles. The van der Waals surface area contributed by atoms with Crippen molar-refractivity contribution in [3.8, 4) is 0 Å². The second kappa shape index (κ2) is 14.6. The molecule has 27 heavy (non-hydrogen) atoms. The summed E-state index contributed by atoms with van der Waals surface area (Å²) in [7, 11) is 0. The average molecular weight is 380 g/mol. The SMILES string of the molecule is CCCCCCCCCCCC(=O)N[C@@H](CO)[C@@H](O)[C@H](O)c1ccccc1. The van der Waals surface area contributed by atoms with E-state index in [-0.39, 0.29) is 5.91 Å². The number of aliphatic hydroxyl groups is 3. The molecular weight excluding hydrogens is 342 g/mol. The summed E-state index contributed by atoms with van der Waals surface area (Å²) in [6.45, 7) is 1.79. The molecule has 0 aliphatic rings. The Labute approximate surface area is 163 Å². The lowest BCUT2D eigenvalue weighted by molar-refractivity contribution is -0.124. The molecule has 0 saturated carbocycles. The molecule has 5 nitrogen and oxygen atoms in total. The molecule has 3 atom stereocenters. The lowest BCUT2D eigenvalue weighted by atomic mass is 9.99. The van der Waals surface area contributed by atoms with Crippen LogP contribution in [0.25, 0.3) is 0 Å². The van der Waals surface area contributed by atoms with E-state index in [1.54, 1.807) is 24.3 Å². The van der Waals surface area contributed by atoms with Crippen LogP contribution < -0.4 is 5.32 Å². The van der Waals surface area contributed by atoms with Gasteiger partial charge in [-0.2, -0.15) is 0 Å². The largest absolute Gasteiger partial charge is 0.394 e. The molecule has 154 valence electrons. The second-order valence-electron chi connectivity index (χ2n) is 7.28. The molecule has 0 aromatic heterocycles. The molecule has 5 heteroatoms. The first-order chi connectivity index (χ1) is 13.1. The molecule has 0 heterocycles. The predicted octanol–water partition coefficient (Wildman–Crippen LogP) is 3.48. The van der Waals surface area contributed by atoms with Gasteiger partial charge in [0, 0.05) is 6.42 Å². The highest BCUT2D eigenvalue weighted by molar-refractivity contribution is 5.76. The Kier molecular flexibility index (Phi) is 12.8. The van der Waals surface area contributed by atoms with Crippen LogP contribution >= 0.6 is 0 Å². The van der Waals surface area contributed by atoms with Crippen molar-refractivity contribution < 1.29 is 20.1 Å². The van der Waals surface area contributed by atoms with E-state index in [0.29, 0.717) is 12.0 Å². The van der Waals surface area contributed by atoms with Crippen molar-refractivity contribution in [3.05, 3.63) is 35.9 Å². The van der Waals surface area contributed by atoms with E-state index in [2.05, 4.69) is 12.2 Å². The zero-order valence-electron chi connectivity index (χ0n) is 16.6. The number of carbonyl (C=O) groups is 1. The fraction of sp³-hybridized carbons (Fsp3) is 0.682. The fourth-order valence-electron chi connectivity index (χ4n) is 3.18. The van der Waals surface area contributed by atoms with E-state index in [0.717, 1.165) is 19.3 Å². The fourth-order valence-corrected chi connectivity index (χ4v) is 3.18. The minimum atomic E-state index is -1.26. The second-order valence-corrected chi connectivity index (χ2v) is 7.28. The van der Waals surface area contributed by atoms with Gasteiger partial charge in [-0.25, -0.2) is 0 Å². The van der Waals surface area contributed by atoms with Gasteiger partial charge in [-0.3, -0.25) is 4.79 Å². The normalized spacial score (nSPS) is 14.5. The lowest BCUT2D eigenvalue weighted by Crippen LogP contribution is -2.48. The first-order valence-electron chi connectivity index (χ1n) is 10.4. The Morgan fingerprint density at radius 2 is 1.48 bits per heavy atom. The van der Waals surface area contributed by atoms with Crippen molar-refractivity contribution >= 4 is 5.91 Å². The smallest absolute Gasteiger partial charge is 0.220 e. The van der Waals surface area contributed by atoms with Gasteiger partial charge < -0.3 is 20.6 Å². The molecule has 0 spiro atoms. The van der Waals surface area contributed by atoms with E-state index >= 15 is 0 Å². The van der Waals surface area contributed by atoms with Crippen LogP contribution in [0, 0.1) is 0 Å². The lowest BCUT2D eigenvalue weighted by Gasteiger charge is -2.26. The summed E-state index contributed by atoms with van der Waals surface area (Å²) >= 11 is 0. The van der Waals surface area contributed by atoms with Gasteiger partial charge in [-0.1, -0.05) is 88.6 Å². The highest BCUT2D eigenvalue weighted by Crippen LogP contribution is 2.19. The van der Waals surface area contributed by atoms with Gasteiger partial charge in [-0.05, 0) is 12.0 Å². The molecule has 0 aliphatic heterocycles. The molecule has 0 bridgehead atoms. The summed E-state index contributed by atoms with van der Waals surface area (Å²) in [5.41, 5.74) is 0.552. The molecule has 0 saturated heterocycles. The summed E-state index contributed by atoms with van der Waals surface area (Å²) in [6.07, 6.45) is 8.59. The van der Waals surface area contributed by atoms with Gasteiger partial charge in [0.05, 0.1) is 12.6 Å². The molecule has 4 N–H and O–H groups in total. The van der Waals surface area contributed by atoms with Crippen molar-refractivity contribution in [1.82, 2.24) is 5.32 Å². The van der Waals surface area contributed by atoms with Gasteiger partial charge >= 0.3 is 0 Å². The Morgan fingerprint density at radius 1 is 0.926 bits per heavy atom. The number of rotatable bonds is 15. The van der Waals surface area contributed by atoms with Crippen LogP contribution in [-0.4, -0.2) is 40.0 Å². The number of unbranched alkanes of at least 4 members (excludes halogenated alkanes) is 8. The van der Waals surface area contributed by atoms with Crippen LogP contribution in [0.5, 0.6) is 0 Å². The van der Waals surface area contributed by atoms with Crippen molar-refractivity contribution in [2.75, 3.05) is 6.61 Å². The van der Waals surface area contributed by atoms with Crippen LogP contribution in [0.3, 0.4) is 0 Å². The molecular formula is C22H37NO4. The number of hydrogen-bond donors (Lipinski definition) is 4. The van der Waals surface area contributed by atoms with E-state index in [4.69, 9.17) is 0 Å². The first-order valence-corrected chi connectivity index (χ1v) is 10.4. The average Bonchev–Trinajstić information content (AvgIpc) is 2.70. The maximum Gasteiger partial charge on any atom is 0.220 e. The predicted molar refractivity (Wildman–Crippen MR) is 108 cm³/mol. The minimum Gasteiger partial charge on any atom is -0.394 e. The summed E-state index contributed by atoms with van der Waals surface area (Å²) < 4.78 is 0. The topological polar surface area (TPSA) is 89.8 Å². The van der Waals surface area contributed by atoms with Crippen molar-refractivity contribution in [2.24, 2.45) is 0 Å². The Morgan fingerprint density at radius 3 is 2.04 bits per heavy atom. The number of hydrogen-bond acceptors (Lipinski definition) is 4. The van der Waals surface area contributed by atoms with Gasteiger partial charge in [-0.15, -0.1) is 0 Å². The minimum absolute atomic E-state index is 0.198. The van der Waals surface area contributed by atoms with Crippen LogP contribution in [0.1, 0.15) is 82.8 Å². The summed E-state index contributed by atoms with van der Waals surface area (Å²) in [5.74, 6) is -0.198. The van der Waals surface area contributed by atoms with Crippen molar-refractivity contribution in [2.45, 2.75) is 89.4 Å². The molecule has 1 amide bonds. The summed E-state index contributed by atoms with van der Waals surface area (Å²) in [4.78, 5) is 12.1. The number of aliphatic hydroxyl groups excluding tert-OH is 3. The van der Waals surface area contributed by atoms with Crippen molar-refractivity contribution in [1.29, 1.82) is 0 Å². The third-order valence-corrected chi connectivity index (χ3v) is 4.93. The Bertz CT molecular complexity index is 494. The third kappa shape index (κ3) is 9.89. The maximum atomic E-state index is 12.1. The zero-order chi connectivity index (χ0) is 19.9. The summed E-state index contributed by atoms with van der Waals surface area (Å²) in [6, 6.07) is 7.87. The van der Waals surface area contributed by atoms with Crippen molar-refractivity contribution in [3.63, 3.8) is 0 Å². The maximum absolute atomic E-state index is 12.1. The molecule has 0 fully saturated rings. The van der Waals surface area contributed by atoms with Gasteiger partial charge in [0.1, 0.15) is 12.2 Å². The number of amides is 1. The highest BCUT2D eigenvalue weighted by atomic mass is 16.3. The van der Waals surface area contributed by atoms with Crippen LogP contribution in [0.4, 0.5) is 0 Å². The number of carbonyl (C=O) groups excluding carboxylic acids is 1. The molecule has 1 aromatic carbocycles. The standard InChI is InChI=1S/C22H37NO4/c1-2-3-4-5-6-7-8-9-13-16-20(25)23-19(17-24)22(27)21(26)18-14-11-10-12-15-18/h10-12,14-15,19,21-22,24,26-27H,2-9,13,16-17H2,1H3,(H,23,25)/t19-,21+,22+/m0/s1. The van der Waals surface area contributed by atoms with E-state index in [9.17, 15) is 20.1 Å². The molecule has 1 rings (SSSR count). The molecule has 0 unspecified atom stereocenters. The van der Waals surface area contributed by atoms with Gasteiger partial charge in [0.2, 0.25) is 5.91 Å². The molecule has 1 aromatic rings. The first kappa shape index (κ1) is 23.6. The number of benzene rings is 1. The van der Waals surface area contributed by atoms with E-state index in [1.165, 1.54) is 38.5 Å². The van der Waals surface area contributed by atoms with Gasteiger partial charge in [0.15, 0.2) is 0 Å². The molecule has 0 radical (unpaired) electrons. The Balaban J connectivity index is 2.23.